The van der Waals surface area contributed by atoms with Gasteiger partial charge in [-0.15, -0.1) is 0 Å². The van der Waals surface area contributed by atoms with Crippen molar-refractivity contribution in [3.8, 4) is 0 Å². The molecule has 5 saturated heterocycles. The Balaban J connectivity index is 0.815. The largest absolute Gasteiger partial charge is 0.394 e. The van der Waals surface area contributed by atoms with Gasteiger partial charge in [-0.2, -0.15) is 0 Å². The maximum absolute atomic E-state index is 11.5. The number of ether oxygens (including phenoxy) is 7. The smallest absolute Gasteiger partial charge is 0.187 e. The predicted molar refractivity (Wildman–Crippen MR) is 215 cm³/mol. The molecule has 16 heteroatoms. The van der Waals surface area contributed by atoms with Crippen LogP contribution in [0.2, 0.25) is 0 Å². The molecule has 350 valence electrons. The predicted octanol–water partition coefficient (Wildman–Crippen LogP) is 0.754. The molecule has 1 unspecified atom stereocenters. The first-order valence-corrected chi connectivity index (χ1v) is 23.6. The Hall–Kier alpha value is -0.640. The minimum absolute atomic E-state index is 0.0447. The van der Waals surface area contributed by atoms with Gasteiger partial charge in [0.05, 0.1) is 38.1 Å². The number of hydrogen-bond acceptors (Lipinski definition) is 16. The van der Waals surface area contributed by atoms with Crippen molar-refractivity contribution in [2.24, 2.45) is 58.2 Å². The molecule has 4 aliphatic carbocycles. The molecule has 0 aromatic heterocycles. The van der Waals surface area contributed by atoms with E-state index in [-0.39, 0.29) is 23.9 Å². The van der Waals surface area contributed by atoms with Crippen LogP contribution in [0.1, 0.15) is 98.8 Å². The minimum atomic E-state index is -1.76. The van der Waals surface area contributed by atoms with E-state index in [4.69, 9.17) is 33.2 Å². The number of aliphatic hydroxyl groups is 8. The molecule has 5 heterocycles. The number of piperidine rings is 1. The van der Waals surface area contributed by atoms with Crippen molar-refractivity contribution in [2.45, 2.75) is 197 Å². The zero-order chi connectivity index (χ0) is 43.3. The van der Waals surface area contributed by atoms with Gasteiger partial charge in [-0.3, -0.25) is 5.32 Å². The van der Waals surface area contributed by atoms with E-state index in [0.717, 1.165) is 38.6 Å². The summed E-state index contributed by atoms with van der Waals surface area (Å²) in [7, 11) is 0. The maximum atomic E-state index is 11.5. The molecule has 0 aromatic rings. The monoisotopic (exact) mass is 870 g/mol. The molecule has 16 nitrogen and oxygen atoms in total. The number of hydrogen-bond donors (Lipinski definition) is 9. The third kappa shape index (κ3) is 7.59. The van der Waals surface area contributed by atoms with E-state index in [0.29, 0.717) is 52.9 Å². The van der Waals surface area contributed by atoms with Crippen molar-refractivity contribution in [1.29, 1.82) is 0 Å². The standard InChI is InChI=1S/C45H75NO15/c1-20-8-13-45(46-16-20)22(3)31-28(61-45)15-27-25-7-6-23-14-24(9-11-43(23,4)26(25)10-12-44(27,31)5)56-41-36(53)34(51)38(30(18-48)58-41)59-42-37(54)39(33(50)29(17-47)57-42)60-40-35(52)32(49)21(2)19-55-40/h20-42,46-54H,6-19H2,1-5H3/t20-,21+,22-,23-,24-,25+,26-,27-,28-,29+,30+,31-,32-,33+,34+,35+,36+,37+,38-,39-,40?,41+,42+,43-,44-,45-/m0/s1. The van der Waals surface area contributed by atoms with Gasteiger partial charge in [0.15, 0.2) is 18.9 Å². The van der Waals surface area contributed by atoms with E-state index in [2.05, 4.69) is 33.0 Å². The van der Waals surface area contributed by atoms with Crippen LogP contribution in [-0.4, -0.2) is 165 Å². The summed E-state index contributed by atoms with van der Waals surface area (Å²) in [4.78, 5) is 0. The van der Waals surface area contributed by atoms with E-state index in [9.17, 15) is 40.9 Å². The number of fused-ring (bicyclic) bond motifs is 7. The number of rotatable bonds is 8. The van der Waals surface area contributed by atoms with Crippen LogP contribution in [0.15, 0.2) is 0 Å². The van der Waals surface area contributed by atoms with Crippen LogP contribution < -0.4 is 5.32 Å². The first kappa shape index (κ1) is 45.5. The Morgan fingerprint density at radius 1 is 0.639 bits per heavy atom. The fourth-order valence-electron chi connectivity index (χ4n) is 14.8. The van der Waals surface area contributed by atoms with Crippen molar-refractivity contribution < 1.29 is 74.0 Å². The van der Waals surface area contributed by atoms with Gasteiger partial charge in [0.1, 0.15) is 60.7 Å². The van der Waals surface area contributed by atoms with Crippen LogP contribution in [0.5, 0.6) is 0 Å². The second-order valence-corrected chi connectivity index (χ2v) is 21.6. The normalized spacial score (nSPS) is 58.5. The Labute approximate surface area is 359 Å². The van der Waals surface area contributed by atoms with Gasteiger partial charge in [-0.05, 0) is 111 Å². The molecule has 9 rings (SSSR count). The third-order valence-corrected chi connectivity index (χ3v) is 18.4. The van der Waals surface area contributed by atoms with Crippen molar-refractivity contribution in [1.82, 2.24) is 5.32 Å². The Bertz CT molecular complexity index is 1520. The van der Waals surface area contributed by atoms with Crippen molar-refractivity contribution in [3.05, 3.63) is 0 Å². The Morgan fingerprint density at radius 2 is 1.33 bits per heavy atom. The second-order valence-electron chi connectivity index (χ2n) is 21.6. The SMILES string of the molecule is C[C@H]1CC[C@]2(NC1)O[C@H]1C[C@H]3[C@@H]4CC[C@H]5C[C@@H](O[C@@H]6O[C@H](CO)[C@H](O[C@H]7O[C@H](CO)[C@@H](O)[C@H](OC8OC[C@@H](C)[C@H](O)[C@H]8O)[C@H]7O)[C@H](O)[C@H]6O)CC[C@]5(C)[C@H]4CC[C@]3(C)[C@H]1[C@@H]2C. The molecule has 9 aliphatic rings. The summed E-state index contributed by atoms with van der Waals surface area (Å²) in [5.74, 6) is 3.84. The van der Waals surface area contributed by atoms with Gasteiger partial charge in [-0.25, -0.2) is 0 Å². The topological polar surface area (TPSA) is 238 Å². The fourth-order valence-corrected chi connectivity index (χ4v) is 14.8. The molecule has 61 heavy (non-hydrogen) atoms. The van der Waals surface area contributed by atoms with E-state index in [1.165, 1.54) is 32.1 Å². The first-order chi connectivity index (χ1) is 29.0. The summed E-state index contributed by atoms with van der Waals surface area (Å²) in [6.45, 7) is 11.3. The van der Waals surface area contributed by atoms with Gasteiger partial charge < -0.3 is 74.0 Å². The van der Waals surface area contributed by atoms with Gasteiger partial charge in [0, 0.05) is 18.4 Å². The zero-order valence-electron chi connectivity index (χ0n) is 36.6. The first-order valence-electron chi connectivity index (χ1n) is 23.6. The molecular weight excluding hydrogens is 794 g/mol. The van der Waals surface area contributed by atoms with Gasteiger partial charge in [0.25, 0.3) is 0 Å². The van der Waals surface area contributed by atoms with Crippen molar-refractivity contribution in [3.63, 3.8) is 0 Å². The van der Waals surface area contributed by atoms with E-state index in [1.807, 2.05) is 0 Å². The molecule has 5 aliphatic heterocycles. The summed E-state index contributed by atoms with van der Waals surface area (Å²) >= 11 is 0. The fraction of sp³-hybridized carbons (Fsp3) is 1.00. The number of nitrogens with one attached hydrogen (secondary N) is 1. The highest BCUT2D eigenvalue weighted by Crippen LogP contribution is 2.71. The molecule has 9 fully saturated rings. The average Bonchev–Trinajstić information content (AvgIpc) is 3.69. The van der Waals surface area contributed by atoms with Crippen LogP contribution in [0.25, 0.3) is 0 Å². The summed E-state index contributed by atoms with van der Waals surface area (Å²) in [5.41, 5.74) is 0.308. The summed E-state index contributed by atoms with van der Waals surface area (Å²) in [6, 6.07) is 0. The van der Waals surface area contributed by atoms with Crippen LogP contribution in [0.3, 0.4) is 0 Å². The van der Waals surface area contributed by atoms with Gasteiger partial charge in [-0.1, -0.05) is 34.6 Å². The minimum Gasteiger partial charge on any atom is -0.394 e. The lowest BCUT2D eigenvalue weighted by Gasteiger charge is -2.61. The molecule has 9 N–H and O–H groups in total. The van der Waals surface area contributed by atoms with Crippen LogP contribution in [0, 0.1) is 58.2 Å². The lowest BCUT2D eigenvalue weighted by atomic mass is 9.44. The van der Waals surface area contributed by atoms with Crippen molar-refractivity contribution >= 4 is 0 Å². The highest BCUT2D eigenvalue weighted by molar-refractivity contribution is 5.16. The molecule has 0 aromatic carbocycles. The lowest BCUT2D eigenvalue weighted by molar-refractivity contribution is -0.377. The van der Waals surface area contributed by atoms with Gasteiger partial charge in [0.2, 0.25) is 0 Å². The van der Waals surface area contributed by atoms with Crippen LogP contribution >= 0.6 is 0 Å². The highest BCUT2D eigenvalue weighted by atomic mass is 16.8. The molecule has 26 atom stereocenters. The molecular formula is C45H75NO15. The maximum Gasteiger partial charge on any atom is 0.187 e. The molecule has 1 spiro atoms. The molecule has 0 bridgehead atoms. The lowest BCUT2D eigenvalue weighted by Crippen LogP contribution is -2.66. The zero-order valence-corrected chi connectivity index (χ0v) is 36.6. The summed E-state index contributed by atoms with van der Waals surface area (Å²) < 4.78 is 42.6. The second kappa shape index (κ2) is 17.2. The summed E-state index contributed by atoms with van der Waals surface area (Å²) in [6.07, 6.45) is -8.03. The Kier molecular flexibility index (Phi) is 12.8. The number of aliphatic hydroxyl groups excluding tert-OH is 8. The van der Waals surface area contributed by atoms with E-state index in [1.54, 1.807) is 6.92 Å². The molecule has 0 amide bonds. The van der Waals surface area contributed by atoms with E-state index >= 15 is 0 Å². The van der Waals surface area contributed by atoms with Crippen molar-refractivity contribution in [2.75, 3.05) is 26.4 Å². The Morgan fingerprint density at radius 3 is 2.05 bits per heavy atom. The van der Waals surface area contributed by atoms with Crippen LogP contribution in [-0.2, 0) is 33.2 Å². The highest BCUT2D eigenvalue weighted by Gasteiger charge is 2.69. The van der Waals surface area contributed by atoms with E-state index < -0.39 is 99.0 Å². The third-order valence-electron chi connectivity index (χ3n) is 18.4. The molecule has 4 saturated carbocycles. The van der Waals surface area contributed by atoms with Gasteiger partial charge >= 0.3 is 0 Å². The quantitative estimate of drug-likeness (QED) is 0.153. The average molecular weight is 870 g/mol. The van der Waals surface area contributed by atoms with Crippen LogP contribution in [0.4, 0.5) is 0 Å². The molecule has 0 radical (unpaired) electrons. The summed E-state index contributed by atoms with van der Waals surface area (Å²) in [5, 5.41) is 90.3.